The molecule has 3 rings (SSSR count). The second-order valence-electron chi connectivity index (χ2n) is 5.57. The van der Waals surface area contributed by atoms with E-state index in [1.54, 1.807) is 0 Å². The maximum Gasteiger partial charge on any atom is 0.246 e. The second-order valence-corrected chi connectivity index (χ2v) is 5.57. The van der Waals surface area contributed by atoms with Gasteiger partial charge in [0.05, 0.1) is 17.9 Å². The van der Waals surface area contributed by atoms with Crippen molar-refractivity contribution < 1.29 is 4.52 Å². The van der Waals surface area contributed by atoms with Crippen molar-refractivity contribution in [1.29, 1.82) is 0 Å². The summed E-state index contributed by atoms with van der Waals surface area (Å²) < 4.78 is 5.36. The van der Waals surface area contributed by atoms with Crippen LogP contribution in [0.15, 0.2) is 28.8 Å². The Morgan fingerprint density at radius 2 is 2.20 bits per heavy atom. The van der Waals surface area contributed by atoms with E-state index < -0.39 is 0 Å². The van der Waals surface area contributed by atoms with Crippen LogP contribution in [0.3, 0.4) is 0 Å². The Bertz CT molecular complexity index is 579. The normalized spacial score (nSPS) is 14.2. The third-order valence-corrected chi connectivity index (χ3v) is 3.37. The monoisotopic (exact) mass is 272 g/mol. The molecule has 2 heterocycles. The van der Waals surface area contributed by atoms with E-state index in [0.29, 0.717) is 18.4 Å². The summed E-state index contributed by atoms with van der Waals surface area (Å²) in [7, 11) is 0. The molecule has 1 N–H and O–H groups in total. The minimum Gasteiger partial charge on any atom is -0.382 e. The molecule has 0 saturated heterocycles. The fourth-order valence-electron chi connectivity index (χ4n) is 2.47. The van der Waals surface area contributed by atoms with Gasteiger partial charge >= 0.3 is 0 Å². The highest BCUT2D eigenvalue weighted by molar-refractivity contribution is 5.71. The lowest BCUT2D eigenvalue weighted by Gasteiger charge is -2.30. The van der Waals surface area contributed by atoms with Gasteiger partial charge in [0.25, 0.3) is 0 Å². The predicted molar refractivity (Wildman–Crippen MR) is 78.8 cm³/mol. The van der Waals surface area contributed by atoms with Crippen LogP contribution in [0.2, 0.25) is 0 Å². The van der Waals surface area contributed by atoms with Crippen LogP contribution in [-0.4, -0.2) is 23.2 Å². The summed E-state index contributed by atoms with van der Waals surface area (Å²) >= 11 is 0. The molecule has 0 fully saturated rings. The molecule has 1 aromatic carbocycles. The number of para-hydroxylation sites is 2. The smallest absolute Gasteiger partial charge is 0.246 e. The minimum atomic E-state index is 0.542. The Labute approximate surface area is 119 Å². The van der Waals surface area contributed by atoms with Crippen molar-refractivity contribution in [2.45, 2.75) is 26.8 Å². The van der Waals surface area contributed by atoms with Crippen LogP contribution < -0.4 is 10.2 Å². The summed E-state index contributed by atoms with van der Waals surface area (Å²) in [5.74, 6) is 2.04. The number of nitrogens with one attached hydrogen (secondary N) is 1. The zero-order chi connectivity index (χ0) is 13.9. The van der Waals surface area contributed by atoms with Gasteiger partial charge in [-0.3, -0.25) is 0 Å². The molecule has 0 bridgehead atoms. The average molecular weight is 272 g/mol. The van der Waals surface area contributed by atoms with Gasteiger partial charge in [-0.1, -0.05) is 31.1 Å². The molecule has 0 atom stereocenters. The predicted octanol–water partition coefficient (Wildman–Crippen LogP) is 2.70. The SMILES string of the molecule is CC(C)Cc1noc(CN2CCNc3ccccc32)n1. The number of nitrogens with zero attached hydrogens (tertiary/aromatic N) is 3. The molecule has 0 unspecified atom stereocenters. The molecule has 0 saturated carbocycles. The maximum absolute atomic E-state index is 5.36. The highest BCUT2D eigenvalue weighted by atomic mass is 16.5. The molecule has 0 radical (unpaired) electrons. The average Bonchev–Trinajstić information content (AvgIpc) is 2.86. The van der Waals surface area contributed by atoms with E-state index in [1.807, 2.05) is 6.07 Å². The summed E-state index contributed by atoms with van der Waals surface area (Å²) in [4.78, 5) is 6.75. The maximum atomic E-state index is 5.36. The number of hydrogen-bond acceptors (Lipinski definition) is 5. The van der Waals surface area contributed by atoms with Crippen molar-refractivity contribution in [2.75, 3.05) is 23.3 Å². The number of benzene rings is 1. The van der Waals surface area contributed by atoms with E-state index >= 15 is 0 Å². The largest absolute Gasteiger partial charge is 0.382 e. The van der Waals surface area contributed by atoms with E-state index in [1.165, 1.54) is 11.4 Å². The van der Waals surface area contributed by atoms with Gasteiger partial charge in [0, 0.05) is 19.5 Å². The van der Waals surface area contributed by atoms with Gasteiger partial charge in [-0.2, -0.15) is 4.98 Å². The van der Waals surface area contributed by atoms with Gasteiger partial charge in [0.2, 0.25) is 5.89 Å². The Hall–Kier alpha value is -2.04. The molecular formula is C15H20N4O. The number of fused-ring (bicyclic) bond motifs is 1. The van der Waals surface area contributed by atoms with E-state index in [2.05, 4.69) is 52.4 Å². The summed E-state index contributed by atoms with van der Waals surface area (Å²) in [5, 5.41) is 7.45. The molecular weight excluding hydrogens is 252 g/mol. The van der Waals surface area contributed by atoms with Crippen molar-refractivity contribution in [3.8, 4) is 0 Å². The minimum absolute atomic E-state index is 0.542. The quantitative estimate of drug-likeness (QED) is 0.927. The number of anilines is 2. The topological polar surface area (TPSA) is 54.2 Å². The van der Waals surface area contributed by atoms with Crippen LogP contribution in [-0.2, 0) is 13.0 Å². The van der Waals surface area contributed by atoms with Crippen LogP contribution in [0, 0.1) is 5.92 Å². The molecule has 106 valence electrons. The first-order chi connectivity index (χ1) is 9.72. The third kappa shape index (κ3) is 2.76. The van der Waals surface area contributed by atoms with Crippen LogP contribution in [0.25, 0.3) is 0 Å². The van der Waals surface area contributed by atoms with Crippen molar-refractivity contribution >= 4 is 11.4 Å². The summed E-state index contributed by atoms with van der Waals surface area (Å²) in [6.07, 6.45) is 0.863. The van der Waals surface area contributed by atoms with Crippen LogP contribution >= 0.6 is 0 Å². The number of hydrogen-bond donors (Lipinski definition) is 1. The zero-order valence-electron chi connectivity index (χ0n) is 12.0. The highest BCUT2D eigenvalue weighted by Crippen LogP contribution is 2.29. The van der Waals surface area contributed by atoms with Gasteiger partial charge in [-0.15, -0.1) is 0 Å². The zero-order valence-corrected chi connectivity index (χ0v) is 12.0. The van der Waals surface area contributed by atoms with Crippen molar-refractivity contribution in [1.82, 2.24) is 10.1 Å². The Balaban J connectivity index is 1.74. The van der Waals surface area contributed by atoms with Gasteiger partial charge < -0.3 is 14.7 Å². The van der Waals surface area contributed by atoms with Crippen molar-refractivity contribution in [3.63, 3.8) is 0 Å². The fourth-order valence-corrected chi connectivity index (χ4v) is 2.47. The van der Waals surface area contributed by atoms with E-state index in [-0.39, 0.29) is 0 Å². The van der Waals surface area contributed by atoms with Gasteiger partial charge in [-0.25, -0.2) is 0 Å². The molecule has 1 aliphatic heterocycles. The van der Waals surface area contributed by atoms with Gasteiger partial charge in [0.1, 0.15) is 0 Å². The van der Waals surface area contributed by atoms with Crippen LogP contribution in [0.4, 0.5) is 11.4 Å². The summed E-state index contributed by atoms with van der Waals surface area (Å²) in [6.45, 7) is 6.86. The van der Waals surface area contributed by atoms with Crippen molar-refractivity contribution in [2.24, 2.45) is 5.92 Å². The highest BCUT2D eigenvalue weighted by Gasteiger charge is 2.18. The lowest BCUT2D eigenvalue weighted by molar-refractivity contribution is 0.369. The Kier molecular flexibility index (Phi) is 3.58. The lowest BCUT2D eigenvalue weighted by atomic mass is 10.1. The second kappa shape index (κ2) is 5.53. The van der Waals surface area contributed by atoms with Gasteiger partial charge in [-0.05, 0) is 18.1 Å². The first kappa shape index (κ1) is 13.0. The molecule has 2 aromatic rings. The third-order valence-electron chi connectivity index (χ3n) is 3.37. The lowest BCUT2D eigenvalue weighted by Crippen LogP contribution is -2.33. The molecule has 20 heavy (non-hydrogen) atoms. The fraction of sp³-hybridized carbons (Fsp3) is 0.467. The van der Waals surface area contributed by atoms with Crippen LogP contribution in [0.5, 0.6) is 0 Å². The Morgan fingerprint density at radius 1 is 1.35 bits per heavy atom. The molecule has 5 nitrogen and oxygen atoms in total. The molecule has 1 aromatic heterocycles. The molecule has 0 amide bonds. The summed E-state index contributed by atoms with van der Waals surface area (Å²) in [5.41, 5.74) is 2.36. The van der Waals surface area contributed by atoms with E-state index in [0.717, 1.165) is 25.3 Å². The van der Waals surface area contributed by atoms with E-state index in [9.17, 15) is 0 Å². The number of aromatic nitrogens is 2. The number of rotatable bonds is 4. The summed E-state index contributed by atoms with van der Waals surface area (Å²) in [6, 6.07) is 8.31. The van der Waals surface area contributed by atoms with Crippen LogP contribution in [0.1, 0.15) is 25.6 Å². The Morgan fingerprint density at radius 3 is 3.05 bits per heavy atom. The van der Waals surface area contributed by atoms with Gasteiger partial charge in [0.15, 0.2) is 5.82 Å². The first-order valence-electron chi connectivity index (χ1n) is 7.11. The van der Waals surface area contributed by atoms with E-state index in [4.69, 9.17) is 4.52 Å². The molecule has 1 aliphatic rings. The first-order valence-corrected chi connectivity index (χ1v) is 7.11. The molecule has 0 aliphatic carbocycles. The molecule has 5 heteroatoms. The van der Waals surface area contributed by atoms with Crippen molar-refractivity contribution in [3.05, 3.63) is 36.0 Å². The molecule has 0 spiro atoms. The standard InChI is InChI=1S/C15H20N4O/c1-11(2)9-14-17-15(20-18-14)10-19-8-7-16-12-5-3-4-6-13(12)19/h3-6,11,16H,7-10H2,1-2H3.